The van der Waals surface area contributed by atoms with E-state index in [9.17, 15) is 8.42 Å². The molecule has 3 fully saturated rings. The van der Waals surface area contributed by atoms with E-state index >= 15 is 0 Å². The van der Waals surface area contributed by atoms with Crippen molar-refractivity contribution in [3.8, 4) is 5.88 Å². The molecule has 3 aliphatic heterocycles. The van der Waals surface area contributed by atoms with Crippen LogP contribution in [0.3, 0.4) is 0 Å². The summed E-state index contributed by atoms with van der Waals surface area (Å²) in [4.78, 5) is 13.5. The summed E-state index contributed by atoms with van der Waals surface area (Å²) in [5.74, 6) is 3.54. The molecule has 0 saturated carbocycles. The minimum Gasteiger partial charge on any atom is -0.481 e. The van der Waals surface area contributed by atoms with E-state index in [1.54, 1.807) is 13.4 Å². The summed E-state index contributed by atoms with van der Waals surface area (Å²) in [5, 5.41) is 0. The second-order valence-electron chi connectivity index (χ2n) is 7.86. The molecule has 4 rings (SSSR count). The zero-order valence-corrected chi connectivity index (χ0v) is 16.2. The predicted molar refractivity (Wildman–Crippen MR) is 100 cm³/mol. The van der Waals surface area contributed by atoms with Gasteiger partial charge in [0.25, 0.3) is 0 Å². The van der Waals surface area contributed by atoms with Gasteiger partial charge in [0.1, 0.15) is 22.0 Å². The SMILES string of the molecule is COc1cc(N2CCC3CCN(CC4CCS(=O)(=O)CC4)C3C2)ncn1. The third-order valence-electron chi connectivity index (χ3n) is 6.31. The normalized spacial score (nSPS) is 29.5. The van der Waals surface area contributed by atoms with Crippen LogP contribution in [-0.4, -0.2) is 74.1 Å². The van der Waals surface area contributed by atoms with Crippen molar-refractivity contribution in [1.82, 2.24) is 14.9 Å². The van der Waals surface area contributed by atoms with Crippen LogP contribution in [0, 0.1) is 11.8 Å². The Hall–Kier alpha value is -1.41. The molecule has 0 spiro atoms. The summed E-state index contributed by atoms with van der Waals surface area (Å²) in [6, 6.07) is 2.45. The number of anilines is 1. The molecule has 0 amide bonds. The Kier molecular flexibility index (Phi) is 5.05. The summed E-state index contributed by atoms with van der Waals surface area (Å²) >= 11 is 0. The first kappa shape index (κ1) is 18.0. The van der Waals surface area contributed by atoms with Crippen LogP contribution < -0.4 is 9.64 Å². The Morgan fingerprint density at radius 3 is 2.69 bits per heavy atom. The third kappa shape index (κ3) is 3.81. The van der Waals surface area contributed by atoms with E-state index in [2.05, 4.69) is 19.8 Å². The van der Waals surface area contributed by atoms with Crippen molar-refractivity contribution in [2.45, 2.75) is 31.7 Å². The van der Waals surface area contributed by atoms with Crippen molar-refractivity contribution >= 4 is 15.7 Å². The number of nitrogens with zero attached hydrogens (tertiary/aromatic N) is 4. The molecule has 144 valence electrons. The van der Waals surface area contributed by atoms with E-state index in [0.717, 1.165) is 50.8 Å². The number of rotatable bonds is 4. The number of hydrogen-bond acceptors (Lipinski definition) is 7. The summed E-state index contributed by atoms with van der Waals surface area (Å²) in [6.07, 6.45) is 5.66. The fraction of sp³-hybridized carbons (Fsp3) is 0.778. The molecule has 3 saturated heterocycles. The minimum atomic E-state index is -2.78. The van der Waals surface area contributed by atoms with E-state index in [1.165, 1.54) is 12.8 Å². The van der Waals surface area contributed by atoms with Crippen LogP contribution in [0.15, 0.2) is 12.4 Å². The molecule has 8 heteroatoms. The minimum absolute atomic E-state index is 0.368. The van der Waals surface area contributed by atoms with Crippen LogP contribution in [-0.2, 0) is 9.84 Å². The largest absolute Gasteiger partial charge is 0.481 e. The number of likely N-dealkylation sites (tertiary alicyclic amines) is 1. The maximum atomic E-state index is 11.7. The van der Waals surface area contributed by atoms with E-state index in [4.69, 9.17) is 4.74 Å². The Bertz CT molecular complexity index is 728. The predicted octanol–water partition coefficient (Wildman–Crippen LogP) is 1.21. The Balaban J connectivity index is 1.40. The summed E-state index contributed by atoms with van der Waals surface area (Å²) in [7, 11) is -1.15. The molecule has 1 aromatic rings. The van der Waals surface area contributed by atoms with Crippen molar-refractivity contribution < 1.29 is 13.2 Å². The van der Waals surface area contributed by atoms with E-state index in [1.807, 2.05) is 6.07 Å². The quantitative estimate of drug-likeness (QED) is 0.777. The van der Waals surface area contributed by atoms with Gasteiger partial charge in [0.2, 0.25) is 5.88 Å². The number of piperidine rings is 1. The zero-order valence-electron chi connectivity index (χ0n) is 15.4. The van der Waals surface area contributed by atoms with Crippen molar-refractivity contribution in [1.29, 1.82) is 0 Å². The van der Waals surface area contributed by atoms with Crippen molar-refractivity contribution in [3.05, 3.63) is 12.4 Å². The number of sulfone groups is 1. The molecular weight excluding hydrogens is 352 g/mol. The highest BCUT2D eigenvalue weighted by molar-refractivity contribution is 7.91. The van der Waals surface area contributed by atoms with Gasteiger partial charge in [-0.25, -0.2) is 18.4 Å². The maximum absolute atomic E-state index is 11.7. The molecule has 0 aliphatic carbocycles. The van der Waals surface area contributed by atoms with Gasteiger partial charge in [-0.2, -0.15) is 0 Å². The van der Waals surface area contributed by atoms with Gasteiger partial charge in [-0.05, 0) is 44.1 Å². The molecule has 0 aromatic carbocycles. The topological polar surface area (TPSA) is 75.6 Å². The highest BCUT2D eigenvalue weighted by Gasteiger charge is 2.39. The first-order valence-corrected chi connectivity index (χ1v) is 11.4. The number of hydrogen-bond donors (Lipinski definition) is 0. The molecule has 26 heavy (non-hydrogen) atoms. The molecule has 0 N–H and O–H groups in total. The monoisotopic (exact) mass is 380 g/mol. The van der Waals surface area contributed by atoms with Gasteiger partial charge >= 0.3 is 0 Å². The lowest BCUT2D eigenvalue weighted by Crippen LogP contribution is -2.49. The van der Waals surface area contributed by atoms with Gasteiger partial charge in [-0.3, -0.25) is 4.90 Å². The summed E-state index contributed by atoms with van der Waals surface area (Å²) in [6.45, 7) is 4.18. The first-order valence-electron chi connectivity index (χ1n) is 9.59. The molecule has 0 radical (unpaired) electrons. The molecule has 3 aliphatic rings. The lowest BCUT2D eigenvalue weighted by Gasteiger charge is -2.40. The number of ether oxygens (including phenoxy) is 1. The lowest BCUT2D eigenvalue weighted by atomic mass is 9.91. The van der Waals surface area contributed by atoms with Crippen LogP contribution in [0.25, 0.3) is 0 Å². The molecule has 4 heterocycles. The number of fused-ring (bicyclic) bond motifs is 1. The number of aromatic nitrogens is 2. The summed E-state index contributed by atoms with van der Waals surface area (Å²) in [5.41, 5.74) is 0. The molecule has 7 nitrogen and oxygen atoms in total. The zero-order chi connectivity index (χ0) is 18.1. The van der Waals surface area contributed by atoms with Crippen LogP contribution in [0.5, 0.6) is 5.88 Å². The molecule has 2 atom stereocenters. The average Bonchev–Trinajstić information content (AvgIpc) is 3.05. The van der Waals surface area contributed by atoms with Gasteiger partial charge in [0.05, 0.1) is 18.6 Å². The molecular formula is C18H28N4O3S. The second kappa shape index (κ2) is 7.31. The van der Waals surface area contributed by atoms with Crippen LogP contribution in [0.2, 0.25) is 0 Å². The van der Waals surface area contributed by atoms with Gasteiger partial charge in [-0.15, -0.1) is 0 Å². The number of methoxy groups -OCH3 is 1. The average molecular weight is 381 g/mol. The highest BCUT2D eigenvalue weighted by Crippen LogP contribution is 2.35. The van der Waals surface area contributed by atoms with E-state index in [-0.39, 0.29) is 0 Å². The Labute approximate surface area is 155 Å². The van der Waals surface area contributed by atoms with Crippen LogP contribution >= 0.6 is 0 Å². The van der Waals surface area contributed by atoms with Crippen molar-refractivity contribution in [3.63, 3.8) is 0 Å². The molecule has 2 unspecified atom stereocenters. The van der Waals surface area contributed by atoms with Gasteiger partial charge in [0.15, 0.2) is 0 Å². The van der Waals surface area contributed by atoms with Gasteiger partial charge < -0.3 is 9.64 Å². The highest BCUT2D eigenvalue weighted by atomic mass is 32.2. The maximum Gasteiger partial charge on any atom is 0.218 e. The van der Waals surface area contributed by atoms with E-state index in [0.29, 0.717) is 29.3 Å². The van der Waals surface area contributed by atoms with Crippen LogP contribution in [0.1, 0.15) is 25.7 Å². The molecule has 1 aromatic heterocycles. The van der Waals surface area contributed by atoms with Crippen molar-refractivity contribution in [2.24, 2.45) is 11.8 Å². The van der Waals surface area contributed by atoms with Crippen molar-refractivity contribution in [2.75, 3.05) is 49.7 Å². The van der Waals surface area contributed by atoms with E-state index < -0.39 is 9.84 Å². The Morgan fingerprint density at radius 2 is 1.92 bits per heavy atom. The summed E-state index contributed by atoms with van der Waals surface area (Å²) < 4.78 is 28.6. The first-order chi connectivity index (χ1) is 12.5. The smallest absolute Gasteiger partial charge is 0.218 e. The van der Waals surface area contributed by atoms with Gasteiger partial charge in [0, 0.05) is 31.7 Å². The third-order valence-corrected chi connectivity index (χ3v) is 8.02. The van der Waals surface area contributed by atoms with Gasteiger partial charge in [-0.1, -0.05) is 0 Å². The fourth-order valence-electron chi connectivity index (χ4n) is 4.73. The molecule has 0 bridgehead atoms. The van der Waals surface area contributed by atoms with Crippen LogP contribution in [0.4, 0.5) is 5.82 Å². The lowest BCUT2D eigenvalue weighted by molar-refractivity contribution is 0.175. The second-order valence-corrected chi connectivity index (χ2v) is 10.2. The standard InChI is InChI=1S/C18H28N4O3S/c1-25-18-10-17(19-13-20-18)22-7-3-15-2-6-21(16(15)12-22)11-14-4-8-26(23,24)9-5-14/h10,13-16H,2-9,11-12H2,1H3. The fourth-order valence-corrected chi connectivity index (χ4v) is 6.32. The Morgan fingerprint density at radius 1 is 1.15 bits per heavy atom.